The predicted octanol–water partition coefficient (Wildman–Crippen LogP) is 3.34. The summed E-state index contributed by atoms with van der Waals surface area (Å²) in [5, 5.41) is 0.642. The van der Waals surface area contributed by atoms with Gasteiger partial charge < -0.3 is 9.46 Å². The molecule has 1 N–H and O–H groups in total. The first-order valence-electron chi connectivity index (χ1n) is 3.75. The predicted molar refractivity (Wildman–Crippen MR) is 63.0 cm³/mol. The number of ether oxygens (including phenoxy) is 1. The van der Waals surface area contributed by atoms with Crippen LogP contribution >= 0.6 is 39.5 Å². The van der Waals surface area contributed by atoms with Crippen LogP contribution in [0.4, 0.5) is 5.69 Å². The second kappa shape index (κ2) is 4.00. The Hall–Kier alpha value is -0.390. The average molecular weight is 294 g/mol. The van der Waals surface area contributed by atoms with Gasteiger partial charge in [-0.15, -0.1) is 0 Å². The van der Waals surface area contributed by atoms with Crippen LogP contribution in [0, 0.1) is 0 Å². The Kier molecular flexibility index (Phi) is 2.90. The van der Waals surface area contributed by atoms with Crippen LogP contribution in [0.25, 0.3) is 0 Å². The highest BCUT2D eigenvalue weighted by atomic mass is 79.9. The lowest BCUT2D eigenvalue weighted by molar-refractivity contribution is 0.415. The molecule has 1 aromatic rings. The van der Waals surface area contributed by atoms with Crippen molar-refractivity contribution in [1.82, 2.24) is 4.72 Å². The molecule has 1 heterocycles. The highest BCUT2D eigenvalue weighted by Crippen LogP contribution is 2.41. The van der Waals surface area contributed by atoms with Crippen LogP contribution in [-0.2, 0) is 0 Å². The Morgan fingerprint density at radius 2 is 2.36 bits per heavy atom. The minimum Gasteiger partial charge on any atom is -0.494 e. The minimum absolute atomic E-state index is 0.642. The Morgan fingerprint density at radius 3 is 3.07 bits per heavy atom. The van der Waals surface area contributed by atoms with Gasteiger partial charge >= 0.3 is 0 Å². The molecular weight excluding hydrogens is 288 g/mol. The fourth-order valence-electron chi connectivity index (χ4n) is 1.11. The van der Waals surface area contributed by atoms with E-state index >= 15 is 0 Å². The molecule has 74 valence electrons. The number of nitrogens with zero attached hydrogens (tertiary/aromatic N) is 1. The van der Waals surface area contributed by atoms with E-state index in [1.54, 1.807) is 13.2 Å². The van der Waals surface area contributed by atoms with Crippen molar-refractivity contribution in [2.75, 3.05) is 7.11 Å². The molecule has 14 heavy (non-hydrogen) atoms. The van der Waals surface area contributed by atoms with E-state index in [0.29, 0.717) is 15.5 Å². The summed E-state index contributed by atoms with van der Waals surface area (Å²) in [5.41, 5.74) is 0.799. The summed E-state index contributed by atoms with van der Waals surface area (Å²) in [5.74, 6) is 0.679. The number of rotatable bonds is 1. The molecule has 0 fully saturated rings. The molecule has 0 unspecified atom stereocenters. The third kappa shape index (κ3) is 1.85. The molecule has 3 nitrogen and oxygen atoms in total. The number of benzene rings is 1. The van der Waals surface area contributed by atoms with Crippen LogP contribution in [0.15, 0.2) is 22.0 Å². The molecule has 0 spiro atoms. The lowest BCUT2D eigenvalue weighted by Gasteiger charge is -2.15. The lowest BCUT2D eigenvalue weighted by atomic mass is 10.3. The molecule has 0 radical (unpaired) electrons. The summed E-state index contributed by atoms with van der Waals surface area (Å²) >= 11 is 10.6. The van der Waals surface area contributed by atoms with Gasteiger partial charge in [0.05, 0.1) is 12.0 Å². The first-order chi connectivity index (χ1) is 6.70. The molecule has 6 heteroatoms. The van der Waals surface area contributed by atoms with E-state index < -0.39 is 0 Å². The number of fused-ring (bicyclic) bond motifs is 1. The van der Waals surface area contributed by atoms with Crippen LogP contribution in [0.3, 0.4) is 0 Å². The Balaban J connectivity index is 2.59. The van der Waals surface area contributed by atoms with Crippen molar-refractivity contribution >= 4 is 49.9 Å². The van der Waals surface area contributed by atoms with Crippen molar-refractivity contribution in [2.45, 2.75) is 4.90 Å². The van der Waals surface area contributed by atoms with E-state index in [1.165, 1.54) is 11.9 Å². The van der Waals surface area contributed by atoms with Gasteiger partial charge in [-0.05, 0) is 33.9 Å². The maximum atomic E-state index is 5.92. The van der Waals surface area contributed by atoms with Crippen molar-refractivity contribution in [3.05, 3.63) is 17.2 Å². The van der Waals surface area contributed by atoms with Crippen LogP contribution in [0.1, 0.15) is 0 Å². The van der Waals surface area contributed by atoms with E-state index in [1.807, 2.05) is 6.07 Å². The molecule has 0 atom stereocenters. The first-order valence-corrected chi connectivity index (χ1v) is 5.74. The van der Waals surface area contributed by atoms with Gasteiger partial charge in [0.1, 0.15) is 11.4 Å². The van der Waals surface area contributed by atoms with Crippen molar-refractivity contribution < 1.29 is 4.74 Å². The van der Waals surface area contributed by atoms with Gasteiger partial charge in [0.2, 0.25) is 0 Å². The summed E-state index contributed by atoms with van der Waals surface area (Å²) in [7, 11) is 1.60. The largest absolute Gasteiger partial charge is 0.494 e. The Bertz CT molecular complexity index is 411. The maximum absolute atomic E-state index is 5.92. The van der Waals surface area contributed by atoms with Gasteiger partial charge in [0.15, 0.2) is 4.74 Å². The molecule has 1 aromatic carbocycles. The second-order valence-corrected chi connectivity index (χ2v) is 4.60. The summed E-state index contributed by atoms with van der Waals surface area (Å²) in [6, 6.07) is 3.59. The monoisotopic (exact) mass is 292 g/mol. The molecule has 1 aliphatic rings. The number of aliphatic imine (C=N–C) groups is 1. The second-order valence-electron chi connectivity index (χ2n) is 2.56. The highest BCUT2D eigenvalue weighted by molar-refractivity contribution is 9.18. The number of methoxy groups -OCH3 is 1. The van der Waals surface area contributed by atoms with Crippen LogP contribution in [0.2, 0.25) is 5.02 Å². The third-order valence-corrected chi connectivity index (χ3v) is 3.36. The lowest BCUT2D eigenvalue weighted by Crippen LogP contribution is -2.11. The van der Waals surface area contributed by atoms with Crippen LogP contribution < -0.4 is 9.46 Å². The Labute approximate surface area is 99.1 Å². The fourth-order valence-corrected chi connectivity index (χ4v) is 2.47. The first kappa shape index (κ1) is 10.1. The number of hydrogen-bond donors (Lipinski definition) is 1. The number of nitrogens with one attached hydrogen (secondary N) is 1. The smallest absolute Gasteiger partial charge is 0.181 e. The zero-order valence-electron chi connectivity index (χ0n) is 7.17. The average Bonchev–Trinajstić information content (AvgIpc) is 2.17. The van der Waals surface area contributed by atoms with Gasteiger partial charge in [-0.3, -0.25) is 0 Å². The van der Waals surface area contributed by atoms with Crippen molar-refractivity contribution in [1.29, 1.82) is 0 Å². The number of amidine groups is 1. The highest BCUT2D eigenvalue weighted by Gasteiger charge is 2.16. The summed E-state index contributed by atoms with van der Waals surface area (Å²) in [4.78, 5) is 5.23. The fraction of sp³-hybridized carbons (Fsp3) is 0.125. The molecule has 0 saturated carbocycles. The van der Waals surface area contributed by atoms with E-state index in [4.69, 9.17) is 16.3 Å². The van der Waals surface area contributed by atoms with Gasteiger partial charge in [0, 0.05) is 11.1 Å². The SMILES string of the molecule is COc1cc(Cl)cc2c1N=C(Br)NS2. The quantitative estimate of drug-likeness (QED) is 0.637. The van der Waals surface area contributed by atoms with Crippen LogP contribution in [0.5, 0.6) is 5.75 Å². The molecule has 1 aliphatic heterocycles. The van der Waals surface area contributed by atoms with Gasteiger partial charge in [-0.25, -0.2) is 4.99 Å². The number of halogens is 2. The molecule has 0 aliphatic carbocycles. The molecule has 2 rings (SSSR count). The molecular formula is C8H6BrClN2OS. The summed E-state index contributed by atoms with van der Waals surface area (Å²) in [6.07, 6.45) is 0. The topological polar surface area (TPSA) is 33.6 Å². The molecule has 0 aromatic heterocycles. The zero-order valence-corrected chi connectivity index (χ0v) is 10.3. The third-order valence-electron chi connectivity index (χ3n) is 1.68. The number of hydrogen-bond acceptors (Lipinski definition) is 4. The standard InChI is InChI=1S/C8H6BrClN2OS/c1-13-5-2-4(10)3-6-7(5)11-8(9)12-14-6/h2-3H,1H3,(H,11,12). The molecule has 0 amide bonds. The van der Waals surface area contributed by atoms with Gasteiger partial charge in [0.25, 0.3) is 0 Å². The van der Waals surface area contributed by atoms with Crippen molar-refractivity contribution in [3.8, 4) is 5.75 Å². The summed E-state index contributed by atoms with van der Waals surface area (Å²) in [6.45, 7) is 0. The van der Waals surface area contributed by atoms with E-state index in [2.05, 4.69) is 25.6 Å². The van der Waals surface area contributed by atoms with Crippen molar-refractivity contribution in [3.63, 3.8) is 0 Å². The maximum Gasteiger partial charge on any atom is 0.181 e. The minimum atomic E-state index is 0.642. The van der Waals surface area contributed by atoms with Crippen LogP contribution in [-0.4, -0.2) is 11.9 Å². The van der Waals surface area contributed by atoms with E-state index in [9.17, 15) is 0 Å². The van der Waals surface area contributed by atoms with Gasteiger partial charge in [-0.1, -0.05) is 11.6 Å². The molecule has 0 saturated heterocycles. The van der Waals surface area contributed by atoms with Gasteiger partial charge in [-0.2, -0.15) is 0 Å². The Morgan fingerprint density at radius 1 is 1.57 bits per heavy atom. The normalized spacial score (nSPS) is 14.1. The van der Waals surface area contributed by atoms with E-state index in [0.717, 1.165) is 10.6 Å². The molecule has 0 bridgehead atoms. The zero-order chi connectivity index (χ0) is 10.1. The summed E-state index contributed by atoms with van der Waals surface area (Å²) < 4.78 is 8.85. The van der Waals surface area contributed by atoms with Crippen molar-refractivity contribution in [2.24, 2.45) is 4.99 Å². The van der Waals surface area contributed by atoms with E-state index in [-0.39, 0.29) is 0 Å².